The molecule has 88 valence electrons. The standard InChI is InChI=1S/C11H6Cl2O4/c1-16-10(14)7-3-5-2-6(12)4-8(13)9(5)17-11(7)15/h2-4H,1H3. The summed E-state index contributed by atoms with van der Waals surface area (Å²) in [5, 5.41) is 1.05. The molecule has 2 aromatic rings. The maximum atomic E-state index is 11.5. The van der Waals surface area contributed by atoms with Gasteiger partial charge in [0.2, 0.25) is 0 Å². The summed E-state index contributed by atoms with van der Waals surface area (Å²) in [5.41, 5.74) is -0.805. The first-order valence-electron chi connectivity index (χ1n) is 4.54. The Bertz CT molecular complexity index is 660. The highest BCUT2D eigenvalue weighted by atomic mass is 35.5. The smallest absolute Gasteiger partial charge is 0.351 e. The van der Waals surface area contributed by atoms with Gasteiger partial charge in [0.1, 0.15) is 5.56 Å². The molecule has 0 N–H and O–H groups in total. The molecule has 0 bridgehead atoms. The van der Waals surface area contributed by atoms with Gasteiger partial charge in [0.05, 0.1) is 12.1 Å². The van der Waals surface area contributed by atoms with Gasteiger partial charge in [-0.2, -0.15) is 0 Å². The lowest BCUT2D eigenvalue weighted by Gasteiger charge is -2.02. The number of esters is 1. The third-order valence-electron chi connectivity index (χ3n) is 2.16. The summed E-state index contributed by atoms with van der Waals surface area (Å²) in [4.78, 5) is 22.8. The Morgan fingerprint density at radius 1 is 1.29 bits per heavy atom. The third kappa shape index (κ3) is 2.14. The number of rotatable bonds is 1. The number of carbonyl (C=O) groups is 1. The van der Waals surface area contributed by atoms with Crippen molar-refractivity contribution < 1.29 is 13.9 Å². The van der Waals surface area contributed by atoms with E-state index in [2.05, 4.69) is 4.74 Å². The zero-order valence-electron chi connectivity index (χ0n) is 8.62. The van der Waals surface area contributed by atoms with Crippen molar-refractivity contribution >= 4 is 40.1 Å². The Balaban J connectivity index is 2.81. The topological polar surface area (TPSA) is 56.5 Å². The van der Waals surface area contributed by atoms with Gasteiger partial charge < -0.3 is 9.15 Å². The minimum absolute atomic E-state index is 0.189. The lowest BCUT2D eigenvalue weighted by atomic mass is 10.2. The molecular weight excluding hydrogens is 267 g/mol. The van der Waals surface area contributed by atoms with E-state index in [4.69, 9.17) is 27.6 Å². The quantitative estimate of drug-likeness (QED) is 0.592. The second-order valence-corrected chi connectivity index (χ2v) is 4.09. The van der Waals surface area contributed by atoms with Crippen LogP contribution in [0, 0.1) is 0 Å². The van der Waals surface area contributed by atoms with E-state index in [9.17, 15) is 9.59 Å². The number of halogens is 2. The SMILES string of the molecule is COC(=O)c1cc2cc(Cl)cc(Cl)c2oc1=O. The Kier molecular flexibility index (Phi) is 3.09. The monoisotopic (exact) mass is 272 g/mol. The molecule has 17 heavy (non-hydrogen) atoms. The molecule has 0 aliphatic carbocycles. The van der Waals surface area contributed by atoms with Crippen molar-refractivity contribution in [3.05, 3.63) is 44.2 Å². The first-order chi connectivity index (χ1) is 8.02. The van der Waals surface area contributed by atoms with Crippen molar-refractivity contribution in [3.63, 3.8) is 0 Å². The predicted octanol–water partition coefficient (Wildman–Crippen LogP) is 2.89. The van der Waals surface area contributed by atoms with E-state index in [-0.39, 0.29) is 16.2 Å². The van der Waals surface area contributed by atoms with E-state index in [0.29, 0.717) is 10.4 Å². The zero-order valence-corrected chi connectivity index (χ0v) is 10.1. The Morgan fingerprint density at radius 3 is 2.65 bits per heavy atom. The average molecular weight is 273 g/mol. The average Bonchev–Trinajstić information content (AvgIpc) is 2.28. The molecular formula is C11H6Cl2O4. The van der Waals surface area contributed by atoms with Crippen molar-refractivity contribution in [1.82, 2.24) is 0 Å². The molecule has 0 saturated heterocycles. The molecule has 0 fully saturated rings. The first kappa shape index (κ1) is 12.0. The summed E-state index contributed by atoms with van der Waals surface area (Å²) >= 11 is 11.7. The lowest BCUT2D eigenvalue weighted by molar-refractivity contribution is 0.0596. The highest BCUT2D eigenvalue weighted by Crippen LogP contribution is 2.27. The number of fused-ring (bicyclic) bond motifs is 1. The van der Waals surface area contributed by atoms with Gasteiger partial charge in [0, 0.05) is 10.4 Å². The van der Waals surface area contributed by atoms with Crippen LogP contribution in [0.4, 0.5) is 0 Å². The lowest BCUT2D eigenvalue weighted by Crippen LogP contribution is -2.14. The van der Waals surface area contributed by atoms with Crippen molar-refractivity contribution in [2.24, 2.45) is 0 Å². The van der Waals surface area contributed by atoms with Crippen LogP contribution in [-0.4, -0.2) is 13.1 Å². The van der Waals surface area contributed by atoms with Gasteiger partial charge in [-0.1, -0.05) is 23.2 Å². The molecule has 1 aromatic heterocycles. The molecule has 0 radical (unpaired) electrons. The van der Waals surface area contributed by atoms with Crippen molar-refractivity contribution in [3.8, 4) is 0 Å². The summed E-state index contributed by atoms with van der Waals surface area (Å²) in [5.74, 6) is -0.767. The highest BCUT2D eigenvalue weighted by Gasteiger charge is 2.15. The second kappa shape index (κ2) is 4.39. The van der Waals surface area contributed by atoms with Crippen LogP contribution in [0.25, 0.3) is 11.0 Å². The number of carbonyl (C=O) groups excluding carboxylic acids is 1. The van der Waals surface area contributed by atoms with Crippen LogP contribution in [0.3, 0.4) is 0 Å². The van der Waals surface area contributed by atoms with Gasteiger partial charge in [0.15, 0.2) is 5.58 Å². The maximum absolute atomic E-state index is 11.5. The summed E-state index contributed by atoms with van der Waals surface area (Å²) in [6.45, 7) is 0. The molecule has 1 aromatic carbocycles. The molecule has 0 unspecified atom stereocenters. The van der Waals surface area contributed by atoms with Gasteiger partial charge in [-0.3, -0.25) is 0 Å². The van der Waals surface area contributed by atoms with E-state index in [0.717, 1.165) is 0 Å². The Labute approximate surface area is 106 Å². The molecule has 0 amide bonds. The fourth-order valence-corrected chi connectivity index (χ4v) is 1.96. The van der Waals surface area contributed by atoms with E-state index in [1.54, 1.807) is 0 Å². The third-order valence-corrected chi connectivity index (χ3v) is 2.66. The van der Waals surface area contributed by atoms with Gasteiger partial charge in [0.25, 0.3) is 0 Å². The summed E-state index contributed by atoms with van der Waals surface area (Å²) in [6, 6.07) is 4.33. The van der Waals surface area contributed by atoms with E-state index in [1.807, 2.05) is 0 Å². The van der Waals surface area contributed by atoms with Crippen LogP contribution in [0.5, 0.6) is 0 Å². The van der Waals surface area contributed by atoms with Gasteiger partial charge in [-0.25, -0.2) is 9.59 Å². The van der Waals surface area contributed by atoms with Crippen LogP contribution in [-0.2, 0) is 4.74 Å². The minimum atomic E-state index is -0.798. The van der Waals surface area contributed by atoms with Crippen LogP contribution in [0.2, 0.25) is 10.0 Å². The van der Waals surface area contributed by atoms with E-state index in [1.165, 1.54) is 25.3 Å². The molecule has 0 spiro atoms. The molecule has 0 saturated carbocycles. The van der Waals surface area contributed by atoms with Crippen molar-refractivity contribution in [2.45, 2.75) is 0 Å². The molecule has 0 aliphatic rings. The zero-order chi connectivity index (χ0) is 12.6. The van der Waals surface area contributed by atoms with Crippen molar-refractivity contribution in [1.29, 1.82) is 0 Å². The fraction of sp³-hybridized carbons (Fsp3) is 0.0909. The number of hydrogen-bond donors (Lipinski definition) is 0. The normalized spacial score (nSPS) is 10.5. The predicted molar refractivity (Wildman–Crippen MR) is 63.8 cm³/mol. The number of ether oxygens (including phenoxy) is 1. The second-order valence-electron chi connectivity index (χ2n) is 3.25. The summed E-state index contributed by atoms with van der Waals surface area (Å²) in [6.07, 6.45) is 0. The number of methoxy groups -OCH3 is 1. The van der Waals surface area contributed by atoms with Gasteiger partial charge >= 0.3 is 11.6 Å². The van der Waals surface area contributed by atoms with E-state index < -0.39 is 11.6 Å². The Hall–Kier alpha value is -1.52. The van der Waals surface area contributed by atoms with Crippen LogP contribution < -0.4 is 5.63 Å². The number of hydrogen-bond acceptors (Lipinski definition) is 4. The molecule has 6 heteroatoms. The van der Waals surface area contributed by atoms with Gasteiger partial charge in [-0.05, 0) is 18.2 Å². The fourth-order valence-electron chi connectivity index (χ4n) is 1.41. The molecule has 4 nitrogen and oxygen atoms in total. The highest BCUT2D eigenvalue weighted by molar-refractivity contribution is 6.38. The van der Waals surface area contributed by atoms with Gasteiger partial charge in [-0.15, -0.1) is 0 Å². The van der Waals surface area contributed by atoms with Crippen LogP contribution >= 0.6 is 23.2 Å². The molecule has 0 aliphatic heterocycles. The van der Waals surface area contributed by atoms with Crippen molar-refractivity contribution in [2.75, 3.05) is 7.11 Å². The molecule has 1 heterocycles. The largest absolute Gasteiger partial charge is 0.465 e. The van der Waals surface area contributed by atoms with Crippen LogP contribution in [0.15, 0.2) is 27.4 Å². The molecule has 0 atom stereocenters. The maximum Gasteiger partial charge on any atom is 0.351 e. The van der Waals surface area contributed by atoms with E-state index >= 15 is 0 Å². The van der Waals surface area contributed by atoms with Crippen LogP contribution in [0.1, 0.15) is 10.4 Å². The summed E-state index contributed by atoms with van der Waals surface area (Å²) in [7, 11) is 1.18. The first-order valence-corrected chi connectivity index (χ1v) is 5.29. The summed E-state index contributed by atoms with van der Waals surface area (Å²) < 4.78 is 9.42. The minimum Gasteiger partial charge on any atom is -0.465 e. The number of benzene rings is 1. The molecule has 2 rings (SSSR count). The Morgan fingerprint density at radius 2 is 2.00 bits per heavy atom.